The molecular formula is C15H15BrN2O2S. The van der Waals surface area contributed by atoms with E-state index in [4.69, 9.17) is 4.74 Å². The van der Waals surface area contributed by atoms with Crippen molar-refractivity contribution in [2.75, 3.05) is 6.61 Å². The van der Waals surface area contributed by atoms with E-state index >= 15 is 0 Å². The topological polar surface area (TPSA) is 50.7 Å². The molecule has 21 heavy (non-hydrogen) atoms. The van der Waals surface area contributed by atoms with Gasteiger partial charge in [0.05, 0.1) is 10.7 Å². The number of hydrogen-bond acceptors (Lipinski definition) is 4. The minimum Gasteiger partial charge on any atom is -0.482 e. The van der Waals surface area contributed by atoms with Crippen molar-refractivity contribution in [3.63, 3.8) is 0 Å². The summed E-state index contributed by atoms with van der Waals surface area (Å²) in [7, 11) is 0. The first-order valence-corrected chi connectivity index (χ1v) is 7.98. The van der Waals surface area contributed by atoms with E-state index in [1.807, 2.05) is 43.5 Å². The molecule has 0 atom stereocenters. The van der Waals surface area contributed by atoms with Crippen molar-refractivity contribution in [2.24, 2.45) is 5.10 Å². The molecule has 4 nitrogen and oxygen atoms in total. The minimum absolute atomic E-state index is 0.0791. The van der Waals surface area contributed by atoms with Crippen LogP contribution in [0.1, 0.15) is 16.0 Å². The van der Waals surface area contributed by atoms with Gasteiger partial charge in [0.2, 0.25) is 0 Å². The molecule has 1 heterocycles. The summed E-state index contributed by atoms with van der Waals surface area (Å²) in [5.74, 6) is 0.382. The molecule has 1 aromatic carbocycles. The Morgan fingerprint density at radius 1 is 1.48 bits per heavy atom. The van der Waals surface area contributed by atoms with E-state index in [1.54, 1.807) is 17.6 Å². The molecule has 6 heteroatoms. The van der Waals surface area contributed by atoms with Crippen molar-refractivity contribution in [1.29, 1.82) is 0 Å². The number of carbonyl (C=O) groups excluding carboxylic acids is 1. The lowest BCUT2D eigenvalue weighted by atomic mass is 10.1. The number of amides is 1. The molecule has 0 aliphatic rings. The van der Waals surface area contributed by atoms with Gasteiger partial charge in [-0.1, -0.05) is 12.1 Å². The zero-order valence-electron chi connectivity index (χ0n) is 11.7. The lowest BCUT2D eigenvalue weighted by molar-refractivity contribution is -0.123. The van der Waals surface area contributed by atoms with Crippen molar-refractivity contribution in [3.05, 3.63) is 50.1 Å². The molecule has 1 amide bonds. The first-order valence-electron chi connectivity index (χ1n) is 6.31. The third-order valence-electron chi connectivity index (χ3n) is 2.65. The molecule has 0 aliphatic heterocycles. The van der Waals surface area contributed by atoms with Crippen LogP contribution in [0.3, 0.4) is 0 Å². The molecule has 0 saturated heterocycles. The molecule has 0 bridgehead atoms. The molecule has 1 aromatic heterocycles. The molecule has 0 spiro atoms. The zero-order valence-corrected chi connectivity index (χ0v) is 14.1. The van der Waals surface area contributed by atoms with Crippen LogP contribution in [0.5, 0.6) is 5.75 Å². The number of halogens is 1. The Labute approximate surface area is 136 Å². The summed E-state index contributed by atoms with van der Waals surface area (Å²) in [5, 5.41) is 5.83. The number of rotatable bonds is 5. The summed E-state index contributed by atoms with van der Waals surface area (Å²) in [6.45, 7) is 3.87. The number of nitrogens with zero attached hydrogens (tertiary/aromatic N) is 1. The van der Waals surface area contributed by atoms with Gasteiger partial charge in [0.15, 0.2) is 6.61 Å². The van der Waals surface area contributed by atoms with Gasteiger partial charge in [-0.3, -0.25) is 4.79 Å². The fourth-order valence-electron chi connectivity index (χ4n) is 1.79. The summed E-state index contributed by atoms with van der Waals surface area (Å²) >= 11 is 4.99. The average molecular weight is 367 g/mol. The predicted octanol–water partition coefficient (Wildman–Crippen LogP) is 3.66. The van der Waals surface area contributed by atoms with Crippen LogP contribution in [0, 0.1) is 13.8 Å². The van der Waals surface area contributed by atoms with E-state index in [0.29, 0.717) is 5.75 Å². The summed E-state index contributed by atoms with van der Waals surface area (Å²) in [4.78, 5) is 12.7. The van der Waals surface area contributed by atoms with Crippen LogP contribution in [0.2, 0.25) is 0 Å². The molecule has 0 fully saturated rings. The molecule has 0 unspecified atom stereocenters. The summed E-state index contributed by atoms with van der Waals surface area (Å²) in [5.41, 5.74) is 4.56. The van der Waals surface area contributed by atoms with Crippen LogP contribution in [0.4, 0.5) is 0 Å². The van der Waals surface area contributed by atoms with Gasteiger partial charge in [-0.15, -0.1) is 11.3 Å². The molecule has 0 saturated carbocycles. The monoisotopic (exact) mass is 366 g/mol. The summed E-state index contributed by atoms with van der Waals surface area (Å²) < 4.78 is 6.38. The summed E-state index contributed by atoms with van der Waals surface area (Å²) in [6.07, 6.45) is 1.61. The maximum atomic E-state index is 11.7. The number of nitrogens with one attached hydrogen (secondary N) is 1. The quantitative estimate of drug-likeness (QED) is 0.648. The van der Waals surface area contributed by atoms with E-state index in [2.05, 4.69) is 26.5 Å². The molecular weight excluding hydrogens is 352 g/mol. The lowest BCUT2D eigenvalue weighted by Gasteiger charge is -2.11. The number of thiophene rings is 1. The first kappa shape index (κ1) is 15.7. The number of carbonyl (C=O) groups is 1. The molecule has 1 N–H and O–H groups in total. The Hall–Kier alpha value is -1.66. The van der Waals surface area contributed by atoms with Crippen molar-refractivity contribution in [3.8, 4) is 5.75 Å². The van der Waals surface area contributed by atoms with E-state index in [1.165, 1.54) is 0 Å². The van der Waals surface area contributed by atoms with E-state index in [-0.39, 0.29) is 12.5 Å². The normalized spacial score (nSPS) is 10.8. The minimum atomic E-state index is -0.297. The molecule has 2 aromatic rings. The smallest absolute Gasteiger partial charge is 0.277 e. The van der Waals surface area contributed by atoms with Crippen molar-refractivity contribution < 1.29 is 9.53 Å². The third kappa shape index (κ3) is 4.68. The van der Waals surface area contributed by atoms with E-state index in [0.717, 1.165) is 20.5 Å². The van der Waals surface area contributed by atoms with E-state index < -0.39 is 0 Å². The lowest BCUT2D eigenvalue weighted by Crippen LogP contribution is -2.24. The number of ether oxygens (including phenoxy) is 1. The number of hydrazone groups is 1. The van der Waals surface area contributed by atoms with Crippen LogP contribution < -0.4 is 10.2 Å². The highest BCUT2D eigenvalue weighted by Crippen LogP contribution is 2.29. The molecule has 110 valence electrons. The van der Waals surface area contributed by atoms with Crippen LogP contribution in [0.25, 0.3) is 0 Å². The highest BCUT2D eigenvalue weighted by molar-refractivity contribution is 9.10. The van der Waals surface area contributed by atoms with Gasteiger partial charge < -0.3 is 4.74 Å². The van der Waals surface area contributed by atoms with Crippen molar-refractivity contribution >= 4 is 39.4 Å². The molecule has 0 radical (unpaired) electrons. The second kappa shape index (κ2) is 7.38. The Bertz CT molecular complexity index is 631. The van der Waals surface area contributed by atoms with Crippen molar-refractivity contribution in [1.82, 2.24) is 5.43 Å². The average Bonchev–Trinajstić information content (AvgIpc) is 2.90. The van der Waals surface area contributed by atoms with Gasteiger partial charge in [0, 0.05) is 4.88 Å². The highest BCUT2D eigenvalue weighted by Gasteiger charge is 2.08. The number of benzene rings is 1. The maximum absolute atomic E-state index is 11.7. The number of aryl methyl sites for hydroxylation is 2. The van der Waals surface area contributed by atoms with Crippen LogP contribution >= 0.6 is 27.3 Å². The molecule has 0 aliphatic carbocycles. The van der Waals surface area contributed by atoms with Gasteiger partial charge in [-0.25, -0.2) is 5.43 Å². The second-order valence-electron chi connectivity index (χ2n) is 4.49. The van der Waals surface area contributed by atoms with Gasteiger partial charge in [-0.2, -0.15) is 5.10 Å². The van der Waals surface area contributed by atoms with Gasteiger partial charge in [0.1, 0.15) is 5.75 Å². The summed E-state index contributed by atoms with van der Waals surface area (Å²) in [6, 6.07) is 7.81. The fourth-order valence-corrected chi connectivity index (χ4v) is 3.16. The van der Waals surface area contributed by atoms with Crippen LogP contribution in [0.15, 0.2) is 39.2 Å². The maximum Gasteiger partial charge on any atom is 0.277 e. The van der Waals surface area contributed by atoms with Crippen LogP contribution in [-0.4, -0.2) is 18.7 Å². The SMILES string of the molecule is Cc1cc(C)c(OCC(=O)N/N=C/c2cccs2)c(Br)c1. The first-order chi connectivity index (χ1) is 10.1. The van der Waals surface area contributed by atoms with Gasteiger partial charge >= 0.3 is 0 Å². The highest BCUT2D eigenvalue weighted by atomic mass is 79.9. The Morgan fingerprint density at radius 2 is 2.29 bits per heavy atom. The van der Waals surface area contributed by atoms with E-state index in [9.17, 15) is 4.79 Å². The van der Waals surface area contributed by atoms with Crippen LogP contribution in [-0.2, 0) is 4.79 Å². The Morgan fingerprint density at radius 3 is 2.95 bits per heavy atom. The Balaban J connectivity index is 1.87. The van der Waals surface area contributed by atoms with Crippen molar-refractivity contribution in [2.45, 2.75) is 13.8 Å². The van der Waals surface area contributed by atoms with Gasteiger partial charge in [0.25, 0.3) is 5.91 Å². The standard InChI is InChI=1S/C15H15BrN2O2S/c1-10-6-11(2)15(13(16)7-10)20-9-14(19)18-17-8-12-4-3-5-21-12/h3-8H,9H2,1-2H3,(H,18,19)/b17-8+. The largest absolute Gasteiger partial charge is 0.482 e. The Kier molecular flexibility index (Phi) is 5.52. The van der Waals surface area contributed by atoms with Gasteiger partial charge in [-0.05, 0) is 58.4 Å². The predicted molar refractivity (Wildman–Crippen MR) is 89.2 cm³/mol. The molecule has 2 rings (SSSR count). The second-order valence-corrected chi connectivity index (χ2v) is 6.32. The zero-order chi connectivity index (χ0) is 15.2. The third-order valence-corrected chi connectivity index (χ3v) is 4.04. The number of hydrogen-bond donors (Lipinski definition) is 1. The fraction of sp³-hybridized carbons (Fsp3) is 0.200.